The molecule has 2 unspecified atom stereocenters. The highest BCUT2D eigenvalue weighted by molar-refractivity contribution is 5.56. The molecule has 0 saturated carbocycles. The van der Waals surface area contributed by atoms with Gasteiger partial charge in [0.25, 0.3) is 0 Å². The maximum Gasteiger partial charge on any atom is 0.181 e. The molecule has 1 aliphatic rings. The van der Waals surface area contributed by atoms with Crippen molar-refractivity contribution in [3.8, 4) is 17.2 Å². The molecule has 0 radical (unpaired) electrons. The van der Waals surface area contributed by atoms with Crippen LogP contribution in [0.4, 0.5) is 0 Å². The van der Waals surface area contributed by atoms with Gasteiger partial charge in [0, 0.05) is 18.2 Å². The number of nitrogens with zero attached hydrogens (tertiary/aromatic N) is 8. The van der Waals surface area contributed by atoms with Gasteiger partial charge in [0.15, 0.2) is 11.6 Å². The molecule has 0 spiro atoms. The van der Waals surface area contributed by atoms with E-state index in [4.69, 9.17) is 14.8 Å². The van der Waals surface area contributed by atoms with Crippen molar-refractivity contribution in [2.45, 2.75) is 84.5 Å². The van der Waals surface area contributed by atoms with Crippen molar-refractivity contribution in [3.63, 3.8) is 0 Å². The molecule has 1 saturated heterocycles. The van der Waals surface area contributed by atoms with E-state index in [1.807, 2.05) is 12.1 Å². The predicted molar refractivity (Wildman–Crippen MR) is 132 cm³/mol. The molecule has 0 aromatic carbocycles. The molecule has 0 bridgehead atoms. The standard InChI is InChI=1S/C25H38N8O/c1-5-11-31(12-6-2)13-7-8-23-29-25(30-33(23)22-14-19(3)34-20(4)15-22)21-9-10-27-24(16-21)32-18-26-17-28-32/h9-10,16-20,22H,5-8,11-15H2,1-4H3. The van der Waals surface area contributed by atoms with Gasteiger partial charge in [-0.05, 0) is 77.7 Å². The lowest BCUT2D eigenvalue weighted by molar-refractivity contribution is -0.0511. The molecule has 0 amide bonds. The summed E-state index contributed by atoms with van der Waals surface area (Å²) in [5.41, 5.74) is 0.937. The van der Waals surface area contributed by atoms with Gasteiger partial charge in [-0.15, -0.1) is 0 Å². The van der Waals surface area contributed by atoms with Gasteiger partial charge in [-0.1, -0.05) is 13.8 Å². The lowest BCUT2D eigenvalue weighted by Gasteiger charge is -2.32. The largest absolute Gasteiger partial charge is 0.375 e. The molecule has 4 heterocycles. The predicted octanol–water partition coefficient (Wildman–Crippen LogP) is 4.10. The van der Waals surface area contributed by atoms with Crippen molar-refractivity contribution in [1.82, 2.24) is 39.4 Å². The number of pyridine rings is 1. The van der Waals surface area contributed by atoms with Crippen LogP contribution >= 0.6 is 0 Å². The Kier molecular flexibility index (Phi) is 8.39. The lowest BCUT2D eigenvalue weighted by atomic mass is 10.00. The second-order valence-electron chi connectivity index (χ2n) is 9.37. The van der Waals surface area contributed by atoms with Gasteiger partial charge in [-0.3, -0.25) is 0 Å². The van der Waals surface area contributed by atoms with Crippen LogP contribution in [0.3, 0.4) is 0 Å². The molecule has 2 atom stereocenters. The van der Waals surface area contributed by atoms with Gasteiger partial charge in [-0.25, -0.2) is 24.3 Å². The highest BCUT2D eigenvalue weighted by Crippen LogP contribution is 2.31. The summed E-state index contributed by atoms with van der Waals surface area (Å²) in [6, 6.07) is 4.23. The Morgan fingerprint density at radius 1 is 1.09 bits per heavy atom. The molecule has 1 fully saturated rings. The molecule has 3 aromatic rings. The lowest BCUT2D eigenvalue weighted by Crippen LogP contribution is -2.32. The molecular formula is C25H38N8O. The average molecular weight is 467 g/mol. The first-order chi connectivity index (χ1) is 16.6. The first-order valence-corrected chi connectivity index (χ1v) is 12.7. The van der Waals surface area contributed by atoms with Gasteiger partial charge in [0.05, 0.1) is 18.2 Å². The molecule has 34 heavy (non-hydrogen) atoms. The van der Waals surface area contributed by atoms with Crippen LogP contribution in [0.5, 0.6) is 0 Å². The Labute approximate surface area is 202 Å². The zero-order valence-electron chi connectivity index (χ0n) is 21.0. The number of aromatic nitrogens is 7. The number of hydrogen-bond acceptors (Lipinski definition) is 7. The average Bonchev–Trinajstić information content (AvgIpc) is 3.50. The van der Waals surface area contributed by atoms with E-state index < -0.39 is 0 Å². The Morgan fingerprint density at radius 3 is 2.53 bits per heavy atom. The van der Waals surface area contributed by atoms with E-state index in [0.29, 0.717) is 11.9 Å². The van der Waals surface area contributed by atoms with Gasteiger partial charge in [0.1, 0.15) is 18.5 Å². The van der Waals surface area contributed by atoms with Gasteiger partial charge < -0.3 is 9.64 Å². The summed E-state index contributed by atoms with van der Waals surface area (Å²) in [5.74, 6) is 2.51. The van der Waals surface area contributed by atoms with Crippen LogP contribution in [0.1, 0.15) is 71.7 Å². The van der Waals surface area contributed by atoms with E-state index in [1.165, 1.54) is 19.2 Å². The third-order valence-electron chi connectivity index (χ3n) is 6.33. The fraction of sp³-hybridized carbons (Fsp3) is 0.640. The summed E-state index contributed by atoms with van der Waals surface area (Å²) in [6.07, 6.45) is 11.7. The minimum atomic E-state index is 0.221. The Hall–Kier alpha value is -2.65. The highest BCUT2D eigenvalue weighted by Gasteiger charge is 2.29. The fourth-order valence-corrected chi connectivity index (χ4v) is 4.95. The van der Waals surface area contributed by atoms with E-state index in [1.54, 1.807) is 17.2 Å². The van der Waals surface area contributed by atoms with Crippen molar-refractivity contribution in [2.75, 3.05) is 19.6 Å². The summed E-state index contributed by atoms with van der Waals surface area (Å²) in [6.45, 7) is 12.2. The van der Waals surface area contributed by atoms with E-state index in [0.717, 1.165) is 62.5 Å². The number of hydrogen-bond donors (Lipinski definition) is 0. The van der Waals surface area contributed by atoms with Crippen molar-refractivity contribution in [2.24, 2.45) is 0 Å². The Morgan fingerprint density at radius 2 is 1.85 bits per heavy atom. The van der Waals surface area contributed by atoms with E-state index in [2.05, 4.69) is 52.3 Å². The summed E-state index contributed by atoms with van der Waals surface area (Å²) in [7, 11) is 0. The van der Waals surface area contributed by atoms with Crippen molar-refractivity contribution >= 4 is 0 Å². The second kappa shape index (κ2) is 11.7. The van der Waals surface area contributed by atoms with Crippen LogP contribution in [-0.2, 0) is 11.2 Å². The molecule has 3 aromatic heterocycles. The van der Waals surface area contributed by atoms with E-state index in [-0.39, 0.29) is 12.2 Å². The second-order valence-corrected chi connectivity index (χ2v) is 9.37. The Balaban J connectivity index is 1.58. The first kappa shape index (κ1) is 24.5. The number of ether oxygens (including phenoxy) is 1. The number of aryl methyl sites for hydroxylation is 1. The first-order valence-electron chi connectivity index (χ1n) is 12.7. The SMILES string of the molecule is CCCN(CCC)CCCc1nc(-c2ccnc(-n3cncn3)c2)nn1C1CC(C)OC(C)C1. The third kappa shape index (κ3) is 6.07. The molecule has 9 heteroatoms. The normalized spacial score (nSPS) is 20.8. The van der Waals surface area contributed by atoms with Crippen LogP contribution in [0.2, 0.25) is 0 Å². The zero-order valence-corrected chi connectivity index (χ0v) is 21.0. The smallest absolute Gasteiger partial charge is 0.181 e. The molecule has 0 aliphatic carbocycles. The summed E-state index contributed by atoms with van der Waals surface area (Å²) in [5, 5.41) is 9.23. The molecule has 184 valence electrons. The van der Waals surface area contributed by atoms with Crippen molar-refractivity contribution in [3.05, 3.63) is 36.8 Å². The summed E-state index contributed by atoms with van der Waals surface area (Å²) in [4.78, 5) is 16.1. The highest BCUT2D eigenvalue weighted by atomic mass is 16.5. The van der Waals surface area contributed by atoms with Crippen LogP contribution in [0.25, 0.3) is 17.2 Å². The summed E-state index contributed by atoms with van der Waals surface area (Å²) >= 11 is 0. The van der Waals surface area contributed by atoms with Crippen molar-refractivity contribution in [1.29, 1.82) is 0 Å². The van der Waals surface area contributed by atoms with Gasteiger partial charge in [0.2, 0.25) is 0 Å². The molecule has 1 aliphatic heterocycles. The maximum atomic E-state index is 6.00. The maximum absolute atomic E-state index is 6.00. The minimum absolute atomic E-state index is 0.221. The van der Waals surface area contributed by atoms with Crippen LogP contribution in [0.15, 0.2) is 31.0 Å². The van der Waals surface area contributed by atoms with Gasteiger partial charge in [-0.2, -0.15) is 10.2 Å². The van der Waals surface area contributed by atoms with E-state index >= 15 is 0 Å². The van der Waals surface area contributed by atoms with Crippen LogP contribution in [-0.4, -0.2) is 71.3 Å². The Bertz CT molecular complexity index is 1000. The fourth-order valence-electron chi connectivity index (χ4n) is 4.95. The van der Waals surface area contributed by atoms with Crippen LogP contribution < -0.4 is 0 Å². The molecule has 9 nitrogen and oxygen atoms in total. The summed E-state index contributed by atoms with van der Waals surface area (Å²) < 4.78 is 9.84. The minimum Gasteiger partial charge on any atom is -0.375 e. The zero-order chi connectivity index (χ0) is 23.9. The molecular weight excluding hydrogens is 428 g/mol. The number of rotatable bonds is 11. The molecule has 4 rings (SSSR count). The third-order valence-corrected chi connectivity index (χ3v) is 6.33. The van der Waals surface area contributed by atoms with Gasteiger partial charge >= 0.3 is 0 Å². The quantitative estimate of drug-likeness (QED) is 0.420. The van der Waals surface area contributed by atoms with Crippen molar-refractivity contribution < 1.29 is 4.74 Å². The van der Waals surface area contributed by atoms with E-state index in [9.17, 15) is 0 Å². The molecule has 0 N–H and O–H groups in total. The monoisotopic (exact) mass is 466 g/mol. The van der Waals surface area contributed by atoms with Crippen LogP contribution in [0, 0.1) is 0 Å². The topological polar surface area (TPSA) is 86.8 Å².